The number of amides is 2. The van der Waals surface area contributed by atoms with Gasteiger partial charge in [0.2, 0.25) is 0 Å². The second-order valence-electron chi connectivity index (χ2n) is 17.0. The summed E-state index contributed by atoms with van der Waals surface area (Å²) in [4.78, 5) is 32.9. The van der Waals surface area contributed by atoms with Crippen LogP contribution < -0.4 is 0 Å². The molecule has 1 aromatic heterocycles. The molecule has 1 aliphatic heterocycles. The summed E-state index contributed by atoms with van der Waals surface area (Å²) in [5.74, 6) is 2.30. The van der Waals surface area contributed by atoms with Gasteiger partial charge in [-0.3, -0.25) is 14.5 Å². The van der Waals surface area contributed by atoms with E-state index in [1.165, 1.54) is 37.9 Å². The minimum Gasteiger partial charge on any atom is -0.272 e. The summed E-state index contributed by atoms with van der Waals surface area (Å²) in [5.41, 5.74) is 8.62. The number of rotatable bonds is 4. The molecule has 6 aromatic rings. The van der Waals surface area contributed by atoms with E-state index in [2.05, 4.69) is 175 Å². The Morgan fingerprint density at radius 3 is 1.31 bits per heavy atom. The largest absolute Gasteiger partial charge is 0.272 e. The summed E-state index contributed by atoms with van der Waals surface area (Å²) in [6, 6.07) is 43.1. The highest BCUT2D eigenvalue weighted by molar-refractivity contribution is 6.21. The molecule has 5 nitrogen and oxygen atoms in total. The Labute approximate surface area is 430 Å². The van der Waals surface area contributed by atoms with E-state index in [9.17, 15) is 9.59 Å². The van der Waals surface area contributed by atoms with Gasteiger partial charge in [0.05, 0.1) is 11.1 Å². The summed E-state index contributed by atoms with van der Waals surface area (Å²) < 4.78 is 0. The number of carbonyl (C=O) groups is 2. The molecule has 5 heteroatoms. The fourth-order valence-corrected chi connectivity index (χ4v) is 6.47. The van der Waals surface area contributed by atoms with E-state index in [1.807, 2.05) is 103 Å². The van der Waals surface area contributed by atoms with Gasteiger partial charge in [-0.1, -0.05) is 266 Å². The van der Waals surface area contributed by atoms with E-state index >= 15 is 0 Å². The molecular formula is C65H99N3O2. The molecule has 2 heterocycles. The maximum absolute atomic E-state index is 11.8. The van der Waals surface area contributed by atoms with Crippen molar-refractivity contribution in [2.75, 3.05) is 0 Å². The fraction of sp³-hybridized carbons (Fsp3) is 0.446. The predicted octanol–water partition coefficient (Wildman–Crippen LogP) is 19.7. The number of hydrogen-bond donors (Lipinski definition) is 0. The number of carbonyl (C=O) groups excluding carboxylic acids is 2. The van der Waals surface area contributed by atoms with E-state index < -0.39 is 0 Å². The lowest BCUT2D eigenvalue weighted by Crippen LogP contribution is -2.35. The van der Waals surface area contributed by atoms with Crippen LogP contribution in [0.4, 0.5) is 0 Å². The highest BCUT2D eigenvalue weighted by Crippen LogP contribution is 2.29. The monoisotopic (exact) mass is 954 g/mol. The van der Waals surface area contributed by atoms with E-state index in [1.54, 1.807) is 42.2 Å². The average Bonchev–Trinajstić information content (AvgIpc) is 3.97. The van der Waals surface area contributed by atoms with Crippen molar-refractivity contribution in [1.29, 1.82) is 0 Å². The molecule has 5 aromatic carbocycles. The molecule has 0 radical (unpaired) electrons. The number of allylic oxidation sites excluding steroid dienone is 1. The Morgan fingerprint density at radius 2 is 0.914 bits per heavy atom. The Bertz CT molecular complexity index is 2210. The highest BCUT2D eigenvalue weighted by Gasteiger charge is 2.36. The number of fused-ring (bicyclic) bond motifs is 3. The van der Waals surface area contributed by atoms with E-state index in [0.717, 1.165) is 12.2 Å². The molecule has 0 saturated heterocycles. The molecule has 8 rings (SSSR count). The van der Waals surface area contributed by atoms with Crippen molar-refractivity contribution in [2.24, 2.45) is 5.92 Å². The molecule has 2 amide bonds. The number of nitrogens with zero attached hydrogens (tertiary/aromatic N) is 3. The van der Waals surface area contributed by atoms with Crippen molar-refractivity contribution in [3.8, 4) is 0 Å². The van der Waals surface area contributed by atoms with Crippen LogP contribution in [0.5, 0.6) is 0 Å². The van der Waals surface area contributed by atoms with Crippen LogP contribution in [0.25, 0.3) is 16.8 Å². The van der Waals surface area contributed by atoms with Crippen molar-refractivity contribution >= 4 is 28.7 Å². The van der Waals surface area contributed by atoms with Gasteiger partial charge in [-0.2, -0.15) is 0 Å². The molecule has 70 heavy (non-hydrogen) atoms. The lowest BCUT2D eigenvalue weighted by atomic mass is 9.87. The van der Waals surface area contributed by atoms with E-state index in [-0.39, 0.29) is 17.9 Å². The molecule has 0 spiro atoms. The Hall–Kier alpha value is -5.68. The molecular weight excluding hydrogens is 855 g/mol. The third-order valence-corrected chi connectivity index (χ3v) is 10.1. The van der Waals surface area contributed by atoms with Crippen molar-refractivity contribution in [3.05, 3.63) is 185 Å². The average molecular weight is 955 g/mol. The normalized spacial score (nSPS) is 11.1. The number of imide groups is 1. The number of hydrogen-bond acceptors (Lipinski definition) is 4. The molecule has 386 valence electrons. The summed E-state index contributed by atoms with van der Waals surface area (Å²) in [7, 11) is 0. The minimum atomic E-state index is -0.180. The van der Waals surface area contributed by atoms with Gasteiger partial charge < -0.3 is 0 Å². The van der Waals surface area contributed by atoms with Gasteiger partial charge in [-0.25, -0.2) is 9.97 Å². The van der Waals surface area contributed by atoms with Gasteiger partial charge in [0.25, 0.3) is 11.8 Å². The molecule has 0 saturated carbocycles. The van der Waals surface area contributed by atoms with Gasteiger partial charge in [0, 0.05) is 24.4 Å². The van der Waals surface area contributed by atoms with Crippen LogP contribution in [0.1, 0.15) is 220 Å². The lowest BCUT2D eigenvalue weighted by Gasteiger charge is -2.18. The topological polar surface area (TPSA) is 63.2 Å². The number of benzene rings is 5. The molecule has 0 atom stereocenters. The zero-order valence-electron chi connectivity index (χ0n) is 48.5. The lowest BCUT2D eigenvalue weighted by molar-refractivity contribution is 0.0609. The van der Waals surface area contributed by atoms with Crippen molar-refractivity contribution in [1.82, 2.24) is 14.9 Å². The molecule has 0 fully saturated rings. The second-order valence-corrected chi connectivity index (χ2v) is 17.0. The Kier molecular flexibility index (Phi) is 39.3. The SMILES string of the molecule is CC.CC.CC.CC.CC.CC.CC(C)(C)c1ccccc1.CC(C)C1=Cc2ccccc2C1.CC(C)N1C(=O)c2ccccc2C1=O.CC(C)c1ccc2ccccc2c1.CC(C)c1ncccn1. The van der Waals surface area contributed by atoms with Crippen LogP contribution in [0.2, 0.25) is 0 Å². The standard InChI is InChI=1S/C13H14.C12H14.C11H11NO2.C10H14.C7H10N2.6C2H6/c1-10(2)12-8-7-11-5-3-4-6-13(11)9-12;1-9(2)12-7-10-5-3-4-6-11(10)8-12;1-7(2)12-10(13)8-5-3-4-6-9(8)11(12)14;1-10(2,3)9-7-5-4-6-8-9;1-6(2)7-8-4-3-5-9-7;6*1-2/h3-10H,1-2H3;3-7,9H,8H2,1-2H3;3-7H,1-2H3;4-8H,1-3H3;3-6H,1-2H3;6*1-2H3. The maximum atomic E-state index is 11.8. The van der Waals surface area contributed by atoms with Crippen LogP contribution in [0.3, 0.4) is 0 Å². The smallest absolute Gasteiger partial charge is 0.261 e. The van der Waals surface area contributed by atoms with Gasteiger partial charge in [0.15, 0.2) is 0 Å². The van der Waals surface area contributed by atoms with Crippen molar-refractivity contribution in [3.63, 3.8) is 0 Å². The first-order valence-corrected chi connectivity index (χ1v) is 26.6. The molecule has 0 N–H and O–H groups in total. The summed E-state index contributed by atoms with van der Waals surface area (Å²) in [5, 5.41) is 2.67. The fourth-order valence-electron chi connectivity index (χ4n) is 6.47. The summed E-state index contributed by atoms with van der Waals surface area (Å²) in [6.45, 7) is 47.5. The first-order valence-electron chi connectivity index (χ1n) is 26.6. The van der Waals surface area contributed by atoms with Crippen LogP contribution in [0.15, 0.2) is 145 Å². The van der Waals surface area contributed by atoms with Gasteiger partial charge in [0.1, 0.15) is 5.82 Å². The third kappa shape index (κ3) is 24.2. The van der Waals surface area contributed by atoms with Crippen LogP contribution in [-0.4, -0.2) is 32.7 Å². The Morgan fingerprint density at radius 1 is 0.471 bits per heavy atom. The van der Waals surface area contributed by atoms with E-state index in [0.29, 0.717) is 34.3 Å². The molecule has 0 bridgehead atoms. The van der Waals surface area contributed by atoms with Crippen LogP contribution >= 0.6 is 0 Å². The van der Waals surface area contributed by atoms with Crippen LogP contribution in [0, 0.1) is 5.92 Å². The third-order valence-electron chi connectivity index (χ3n) is 10.1. The highest BCUT2D eigenvalue weighted by atomic mass is 16.2. The first kappa shape index (κ1) is 68.6. The van der Waals surface area contributed by atoms with Gasteiger partial charge >= 0.3 is 0 Å². The van der Waals surface area contributed by atoms with E-state index in [4.69, 9.17) is 0 Å². The zero-order valence-corrected chi connectivity index (χ0v) is 48.5. The zero-order chi connectivity index (χ0) is 54.4. The molecule has 0 unspecified atom stereocenters. The van der Waals surface area contributed by atoms with Gasteiger partial charge in [-0.05, 0) is 88.7 Å². The summed E-state index contributed by atoms with van der Waals surface area (Å²) >= 11 is 0. The van der Waals surface area contributed by atoms with Gasteiger partial charge in [-0.15, -0.1) is 0 Å². The number of aromatic nitrogens is 2. The molecule has 1 aliphatic carbocycles. The van der Waals surface area contributed by atoms with Crippen LogP contribution in [-0.2, 0) is 11.8 Å². The maximum Gasteiger partial charge on any atom is 0.261 e. The van der Waals surface area contributed by atoms with Crippen molar-refractivity contribution in [2.45, 2.75) is 189 Å². The predicted molar refractivity (Wildman–Crippen MR) is 312 cm³/mol. The van der Waals surface area contributed by atoms with Crippen molar-refractivity contribution < 1.29 is 9.59 Å². The quantitative estimate of drug-likeness (QED) is 0.165. The summed E-state index contributed by atoms with van der Waals surface area (Å²) in [6.07, 6.45) is 7.03. The molecule has 2 aliphatic rings. The first-order chi connectivity index (χ1) is 33.6. The second kappa shape index (κ2) is 40.1. The minimum absolute atomic E-state index is 0.0811. The Balaban J connectivity index is -0.000000764.